The van der Waals surface area contributed by atoms with Gasteiger partial charge in [0.1, 0.15) is 19.0 Å². The maximum absolute atomic E-state index is 13.0. The Bertz CT molecular complexity index is 1160. The number of carboxylic acid groups (broad SMARTS) is 1. The number of hydrogen-bond acceptors (Lipinski definition) is 6. The van der Waals surface area contributed by atoms with Crippen LogP contribution in [0, 0.1) is 0 Å². The van der Waals surface area contributed by atoms with Gasteiger partial charge in [-0.15, -0.1) is 0 Å². The normalized spacial score (nSPS) is 14.2. The van der Waals surface area contributed by atoms with Crippen molar-refractivity contribution >= 4 is 11.9 Å². The number of likely N-dealkylation sites (N-methyl/N-ethyl adjacent to an activating group) is 1. The van der Waals surface area contributed by atoms with Crippen LogP contribution in [0.15, 0.2) is 72.8 Å². The summed E-state index contributed by atoms with van der Waals surface area (Å²) in [6.07, 6.45) is -0.197. The van der Waals surface area contributed by atoms with E-state index in [-0.39, 0.29) is 18.9 Å². The zero-order valence-corrected chi connectivity index (χ0v) is 19.9. The molecule has 0 radical (unpaired) electrons. The second-order valence-corrected chi connectivity index (χ2v) is 9.07. The first kappa shape index (κ1) is 24.4. The maximum atomic E-state index is 13.0. The highest BCUT2D eigenvalue weighted by atomic mass is 16.5. The molecule has 0 bridgehead atoms. The van der Waals surface area contributed by atoms with E-state index in [1.165, 1.54) is 0 Å². The fraction of sp³-hybridized carbons (Fsp3) is 0.286. The van der Waals surface area contributed by atoms with Gasteiger partial charge in [-0.3, -0.25) is 0 Å². The van der Waals surface area contributed by atoms with Crippen LogP contribution in [-0.2, 0) is 20.7 Å². The molecule has 0 fully saturated rings. The van der Waals surface area contributed by atoms with Crippen LogP contribution in [0.2, 0.25) is 0 Å². The summed E-state index contributed by atoms with van der Waals surface area (Å²) in [4.78, 5) is 27.1. The van der Waals surface area contributed by atoms with Gasteiger partial charge < -0.3 is 25.2 Å². The molecule has 0 saturated carbocycles. The van der Waals surface area contributed by atoms with Crippen molar-refractivity contribution in [2.45, 2.75) is 17.9 Å². The third-order valence-electron chi connectivity index (χ3n) is 6.30. The minimum Gasteiger partial charge on any atom is -0.492 e. The van der Waals surface area contributed by atoms with Gasteiger partial charge in [0.25, 0.3) is 0 Å². The molecule has 0 aromatic heterocycles. The van der Waals surface area contributed by atoms with E-state index in [4.69, 9.17) is 15.2 Å². The monoisotopic (exact) mass is 474 g/mol. The highest BCUT2D eigenvalue weighted by Crippen LogP contribution is 2.44. The molecule has 1 atom stereocenters. The number of esters is 1. The zero-order chi connectivity index (χ0) is 25.0. The summed E-state index contributed by atoms with van der Waals surface area (Å²) >= 11 is 0. The summed E-state index contributed by atoms with van der Waals surface area (Å²) in [7, 11) is 3.92. The number of carbonyl (C=O) groups is 2. The van der Waals surface area contributed by atoms with E-state index in [9.17, 15) is 14.7 Å². The molecule has 3 N–H and O–H groups in total. The van der Waals surface area contributed by atoms with Crippen molar-refractivity contribution in [3.63, 3.8) is 0 Å². The molecular formula is C28H30N2O5. The van der Waals surface area contributed by atoms with Gasteiger partial charge in [0, 0.05) is 18.9 Å². The number of carbonyl (C=O) groups excluding carboxylic acids is 1. The molecule has 0 saturated heterocycles. The average Bonchev–Trinajstić information content (AvgIpc) is 3.17. The summed E-state index contributed by atoms with van der Waals surface area (Å²) in [5.74, 6) is -1.91. The van der Waals surface area contributed by atoms with Crippen molar-refractivity contribution in [3.05, 3.63) is 89.5 Å². The Kier molecular flexibility index (Phi) is 7.19. The number of rotatable bonds is 10. The lowest BCUT2D eigenvalue weighted by molar-refractivity contribution is -0.161. The number of carboxylic acids is 1. The summed E-state index contributed by atoms with van der Waals surface area (Å²) < 4.78 is 11.2. The molecule has 0 aliphatic heterocycles. The summed E-state index contributed by atoms with van der Waals surface area (Å²) in [5.41, 5.74) is 8.80. The molecule has 4 rings (SSSR count). The van der Waals surface area contributed by atoms with E-state index in [0.717, 1.165) is 28.8 Å². The van der Waals surface area contributed by atoms with Crippen LogP contribution >= 0.6 is 0 Å². The van der Waals surface area contributed by atoms with Gasteiger partial charge in [-0.25, -0.2) is 9.59 Å². The predicted molar refractivity (Wildman–Crippen MR) is 133 cm³/mol. The first-order chi connectivity index (χ1) is 16.8. The minimum absolute atomic E-state index is 0.0116. The Morgan fingerprint density at radius 2 is 1.51 bits per heavy atom. The van der Waals surface area contributed by atoms with Crippen molar-refractivity contribution in [2.24, 2.45) is 5.73 Å². The number of hydrogen-bond donors (Lipinski definition) is 2. The molecule has 0 heterocycles. The number of nitrogens with zero attached hydrogens (tertiary/aromatic N) is 1. The van der Waals surface area contributed by atoms with E-state index >= 15 is 0 Å². The van der Waals surface area contributed by atoms with Gasteiger partial charge in [0.2, 0.25) is 5.54 Å². The highest BCUT2D eigenvalue weighted by molar-refractivity contribution is 6.04. The molecule has 1 aliphatic carbocycles. The third kappa shape index (κ3) is 5.21. The summed E-state index contributed by atoms with van der Waals surface area (Å²) in [6, 6.07) is 22.8. The lowest BCUT2D eigenvalue weighted by Gasteiger charge is -2.24. The summed E-state index contributed by atoms with van der Waals surface area (Å²) in [5, 5.41) is 9.84. The number of benzene rings is 3. The Hall–Kier alpha value is -3.68. The number of ether oxygens (including phenoxy) is 2. The molecule has 0 unspecified atom stereocenters. The van der Waals surface area contributed by atoms with Crippen LogP contribution < -0.4 is 10.5 Å². The molecule has 3 aromatic rings. The number of nitrogens with two attached hydrogens (primary N) is 1. The molecular weight excluding hydrogens is 444 g/mol. The third-order valence-corrected chi connectivity index (χ3v) is 6.30. The highest BCUT2D eigenvalue weighted by Gasteiger charge is 2.45. The van der Waals surface area contributed by atoms with Crippen LogP contribution in [0.4, 0.5) is 0 Å². The quantitative estimate of drug-likeness (QED) is 0.343. The van der Waals surface area contributed by atoms with Gasteiger partial charge in [0.05, 0.1) is 0 Å². The molecule has 0 amide bonds. The molecule has 7 heteroatoms. The van der Waals surface area contributed by atoms with Crippen molar-refractivity contribution in [3.8, 4) is 16.9 Å². The Balaban J connectivity index is 1.45. The lowest BCUT2D eigenvalue weighted by atomic mass is 9.91. The Morgan fingerprint density at radius 1 is 0.943 bits per heavy atom. The van der Waals surface area contributed by atoms with Crippen LogP contribution in [0.25, 0.3) is 11.1 Å². The van der Waals surface area contributed by atoms with Gasteiger partial charge in [-0.05, 0) is 54.0 Å². The molecule has 35 heavy (non-hydrogen) atoms. The zero-order valence-electron chi connectivity index (χ0n) is 19.9. The average molecular weight is 475 g/mol. The van der Waals surface area contributed by atoms with Crippen LogP contribution in [0.5, 0.6) is 5.75 Å². The van der Waals surface area contributed by atoms with Crippen molar-refractivity contribution in [2.75, 3.05) is 33.9 Å². The molecule has 3 aromatic carbocycles. The van der Waals surface area contributed by atoms with Gasteiger partial charge >= 0.3 is 11.9 Å². The fourth-order valence-corrected chi connectivity index (χ4v) is 4.33. The van der Waals surface area contributed by atoms with Crippen LogP contribution in [-0.4, -0.2) is 61.3 Å². The summed E-state index contributed by atoms with van der Waals surface area (Å²) in [6.45, 7) is 1.31. The molecule has 7 nitrogen and oxygen atoms in total. The lowest BCUT2D eigenvalue weighted by Crippen LogP contribution is -2.57. The second-order valence-electron chi connectivity index (χ2n) is 9.07. The first-order valence-corrected chi connectivity index (χ1v) is 11.5. The minimum atomic E-state index is -2.20. The number of aliphatic carboxylic acids is 1. The van der Waals surface area contributed by atoms with Gasteiger partial charge in [-0.2, -0.15) is 0 Å². The van der Waals surface area contributed by atoms with Crippen LogP contribution in [0.3, 0.4) is 0 Å². The topological polar surface area (TPSA) is 102 Å². The molecule has 1 aliphatic rings. The van der Waals surface area contributed by atoms with E-state index in [1.54, 1.807) is 24.3 Å². The standard InChI is InChI=1S/C28H30N2O5/c1-30(2)15-16-34-20-13-11-19(12-14-20)17-28(29,26(31)32)27(33)35-18-25-23-9-5-3-7-21(23)22-8-4-6-10-24(22)25/h3-14,25H,15-18,29H2,1-2H3,(H,31,32)/t28-/m0/s1. The molecule has 182 valence electrons. The van der Waals surface area contributed by atoms with Crippen LogP contribution in [0.1, 0.15) is 22.6 Å². The van der Waals surface area contributed by atoms with E-state index in [0.29, 0.717) is 17.9 Å². The molecule has 0 spiro atoms. The second kappa shape index (κ2) is 10.3. The van der Waals surface area contributed by atoms with Gasteiger partial charge in [-0.1, -0.05) is 60.7 Å². The Morgan fingerprint density at radius 3 is 2.06 bits per heavy atom. The Labute approximate surface area is 205 Å². The van der Waals surface area contributed by atoms with Crippen molar-refractivity contribution < 1.29 is 24.2 Å². The van der Waals surface area contributed by atoms with E-state index < -0.39 is 17.5 Å². The maximum Gasteiger partial charge on any atom is 0.338 e. The fourth-order valence-electron chi connectivity index (χ4n) is 4.33. The first-order valence-electron chi connectivity index (χ1n) is 11.5. The van der Waals surface area contributed by atoms with Crippen molar-refractivity contribution in [1.29, 1.82) is 0 Å². The SMILES string of the molecule is CN(C)CCOc1ccc(C[C@](N)(C(=O)O)C(=O)OCC2c3ccccc3-c3ccccc32)cc1. The van der Waals surface area contributed by atoms with Gasteiger partial charge in [0.15, 0.2) is 0 Å². The predicted octanol–water partition coefficient (Wildman–Crippen LogP) is 3.31. The van der Waals surface area contributed by atoms with E-state index in [1.807, 2.05) is 67.5 Å². The smallest absolute Gasteiger partial charge is 0.338 e. The van der Waals surface area contributed by atoms with E-state index in [2.05, 4.69) is 0 Å². The van der Waals surface area contributed by atoms with Crippen molar-refractivity contribution in [1.82, 2.24) is 4.90 Å². The number of fused-ring (bicyclic) bond motifs is 3. The largest absolute Gasteiger partial charge is 0.492 e.